The smallest absolute Gasteiger partial charge is 0.165 e. The third kappa shape index (κ3) is 2.17. The van der Waals surface area contributed by atoms with Gasteiger partial charge in [-0.2, -0.15) is 0 Å². The number of rotatable bonds is 2. The fourth-order valence-electron chi connectivity index (χ4n) is 1.93. The molecule has 3 heteroatoms. The largest absolute Gasteiger partial charge is 0.487 e. The van der Waals surface area contributed by atoms with Crippen LogP contribution in [0.3, 0.4) is 0 Å². The lowest BCUT2D eigenvalue weighted by atomic mass is 10.0. The number of hydrogen-bond acceptors (Lipinski definition) is 3. The Morgan fingerprint density at radius 3 is 3.00 bits per heavy atom. The molecular formula is C12H18N2O. The Labute approximate surface area is 90.6 Å². The maximum atomic E-state index is 5.95. The van der Waals surface area contributed by atoms with Crippen LogP contribution in [-0.4, -0.2) is 13.2 Å². The van der Waals surface area contributed by atoms with E-state index in [-0.39, 0.29) is 0 Å². The molecular weight excluding hydrogens is 188 g/mol. The first-order valence-electron chi connectivity index (χ1n) is 5.46. The fourth-order valence-corrected chi connectivity index (χ4v) is 1.93. The molecule has 1 aliphatic rings. The Morgan fingerprint density at radius 2 is 2.27 bits per heavy atom. The minimum atomic E-state index is 0.645. The van der Waals surface area contributed by atoms with Gasteiger partial charge in [-0.3, -0.25) is 0 Å². The van der Waals surface area contributed by atoms with Gasteiger partial charge in [0.25, 0.3) is 0 Å². The molecule has 2 rings (SSSR count). The van der Waals surface area contributed by atoms with Crippen LogP contribution in [0.4, 0.5) is 11.4 Å². The second-order valence-corrected chi connectivity index (χ2v) is 4.43. The highest BCUT2D eigenvalue weighted by molar-refractivity contribution is 5.71. The van der Waals surface area contributed by atoms with Gasteiger partial charge in [-0.25, -0.2) is 0 Å². The molecule has 1 aromatic carbocycles. The van der Waals surface area contributed by atoms with Gasteiger partial charge in [0.15, 0.2) is 5.75 Å². The van der Waals surface area contributed by atoms with E-state index in [1.807, 2.05) is 6.07 Å². The lowest BCUT2D eigenvalue weighted by molar-refractivity contribution is 0.325. The molecule has 0 unspecified atom stereocenters. The number of ether oxygens (including phenoxy) is 1. The van der Waals surface area contributed by atoms with Gasteiger partial charge in [-0.15, -0.1) is 0 Å². The number of benzene rings is 1. The molecule has 0 aromatic heterocycles. The van der Waals surface area contributed by atoms with Gasteiger partial charge in [0, 0.05) is 6.54 Å². The number of anilines is 2. The first-order valence-corrected chi connectivity index (χ1v) is 5.46. The molecule has 0 spiro atoms. The quantitative estimate of drug-likeness (QED) is 0.730. The van der Waals surface area contributed by atoms with E-state index in [2.05, 4.69) is 25.2 Å². The summed E-state index contributed by atoms with van der Waals surface area (Å²) in [5.41, 5.74) is 9.01. The van der Waals surface area contributed by atoms with Crippen LogP contribution in [0.1, 0.15) is 19.4 Å². The van der Waals surface area contributed by atoms with Crippen LogP contribution in [0.5, 0.6) is 5.75 Å². The van der Waals surface area contributed by atoms with E-state index in [9.17, 15) is 0 Å². The first kappa shape index (κ1) is 10.1. The van der Waals surface area contributed by atoms with Gasteiger partial charge in [0.1, 0.15) is 6.61 Å². The average Bonchev–Trinajstić information content (AvgIpc) is 2.16. The third-order valence-electron chi connectivity index (χ3n) is 2.49. The molecule has 0 aliphatic carbocycles. The minimum Gasteiger partial charge on any atom is -0.487 e. The van der Waals surface area contributed by atoms with Gasteiger partial charge in [0.05, 0.1) is 11.4 Å². The van der Waals surface area contributed by atoms with Crippen molar-refractivity contribution >= 4 is 11.4 Å². The number of fused-ring (bicyclic) bond motifs is 1. The molecule has 0 amide bonds. The Kier molecular flexibility index (Phi) is 2.71. The molecule has 0 radical (unpaired) electrons. The van der Waals surface area contributed by atoms with E-state index in [1.165, 1.54) is 5.56 Å². The van der Waals surface area contributed by atoms with E-state index < -0.39 is 0 Å². The molecule has 0 saturated carbocycles. The molecule has 0 fully saturated rings. The molecule has 3 nitrogen and oxygen atoms in total. The topological polar surface area (TPSA) is 47.3 Å². The molecule has 0 saturated heterocycles. The van der Waals surface area contributed by atoms with Gasteiger partial charge < -0.3 is 15.8 Å². The number of hydrogen-bond donors (Lipinski definition) is 2. The Morgan fingerprint density at radius 1 is 1.47 bits per heavy atom. The SMILES string of the molecule is CC(C)Cc1cc(N)c2c(c1)NCCO2. The monoisotopic (exact) mass is 206 g/mol. The summed E-state index contributed by atoms with van der Waals surface area (Å²) in [5.74, 6) is 1.46. The highest BCUT2D eigenvalue weighted by Gasteiger charge is 2.14. The van der Waals surface area contributed by atoms with Crippen molar-refractivity contribution in [2.45, 2.75) is 20.3 Å². The second kappa shape index (κ2) is 4.01. The number of nitrogens with one attached hydrogen (secondary N) is 1. The lowest BCUT2D eigenvalue weighted by Crippen LogP contribution is -2.19. The van der Waals surface area contributed by atoms with Crippen LogP contribution in [-0.2, 0) is 6.42 Å². The van der Waals surface area contributed by atoms with Crippen molar-refractivity contribution < 1.29 is 4.74 Å². The van der Waals surface area contributed by atoms with E-state index in [0.717, 1.165) is 30.1 Å². The molecule has 1 heterocycles. The molecule has 15 heavy (non-hydrogen) atoms. The Bertz CT molecular complexity index is 361. The number of nitrogen functional groups attached to an aromatic ring is 1. The van der Waals surface area contributed by atoms with Gasteiger partial charge in [-0.05, 0) is 30.0 Å². The Hall–Kier alpha value is -1.38. The molecule has 0 atom stereocenters. The van der Waals surface area contributed by atoms with Crippen molar-refractivity contribution in [2.24, 2.45) is 5.92 Å². The van der Waals surface area contributed by atoms with E-state index in [0.29, 0.717) is 12.5 Å². The average molecular weight is 206 g/mol. The normalized spacial score (nSPS) is 14.3. The summed E-state index contributed by atoms with van der Waals surface area (Å²) in [7, 11) is 0. The molecule has 82 valence electrons. The maximum absolute atomic E-state index is 5.95. The van der Waals surface area contributed by atoms with Gasteiger partial charge in [-0.1, -0.05) is 13.8 Å². The molecule has 1 aliphatic heterocycles. The third-order valence-corrected chi connectivity index (χ3v) is 2.49. The summed E-state index contributed by atoms with van der Waals surface area (Å²) < 4.78 is 5.53. The summed E-state index contributed by atoms with van der Waals surface area (Å²) >= 11 is 0. The minimum absolute atomic E-state index is 0.645. The zero-order valence-corrected chi connectivity index (χ0v) is 9.34. The highest BCUT2D eigenvalue weighted by atomic mass is 16.5. The van der Waals surface area contributed by atoms with Crippen molar-refractivity contribution in [3.8, 4) is 5.75 Å². The van der Waals surface area contributed by atoms with E-state index in [4.69, 9.17) is 10.5 Å². The summed E-state index contributed by atoms with van der Waals surface area (Å²) in [5, 5.41) is 3.31. The van der Waals surface area contributed by atoms with E-state index >= 15 is 0 Å². The lowest BCUT2D eigenvalue weighted by Gasteiger charge is -2.22. The van der Waals surface area contributed by atoms with Crippen LogP contribution in [0, 0.1) is 5.92 Å². The standard InChI is InChI=1S/C12H18N2O/c1-8(2)5-9-6-10(13)12-11(7-9)14-3-4-15-12/h6-8,14H,3-5,13H2,1-2H3. The summed E-state index contributed by atoms with van der Waals surface area (Å²) in [6.45, 7) is 5.97. The van der Waals surface area contributed by atoms with Crippen molar-refractivity contribution in [1.29, 1.82) is 0 Å². The zero-order chi connectivity index (χ0) is 10.8. The van der Waals surface area contributed by atoms with Crippen molar-refractivity contribution in [1.82, 2.24) is 0 Å². The van der Waals surface area contributed by atoms with Crippen LogP contribution in [0.2, 0.25) is 0 Å². The van der Waals surface area contributed by atoms with Crippen molar-refractivity contribution in [3.63, 3.8) is 0 Å². The van der Waals surface area contributed by atoms with E-state index in [1.54, 1.807) is 0 Å². The van der Waals surface area contributed by atoms with Crippen LogP contribution < -0.4 is 15.8 Å². The second-order valence-electron chi connectivity index (χ2n) is 4.43. The molecule has 1 aromatic rings. The van der Waals surface area contributed by atoms with Crippen LogP contribution >= 0.6 is 0 Å². The predicted molar refractivity (Wildman–Crippen MR) is 63.4 cm³/mol. The highest BCUT2D eigenvalue weighted by Crippen LogP contribution is 2.35. The van der Waals surface area contributed by atoms with Gasteiger partial charge in [0.2, 0.25) is 0 Å². The summed E-state index contributed by atoms with van der Waals surface area (Å²) in [6, 6.07) is 4.16. The van der Waals surface area contributed by atoms with Gasteiger partial charge >= 0.3 is 0 Å². The number of nitrogens with two attached hydrogens (primary N) is 1. The summed E-state index contributed by atoms with van der Waals surface area (Å²) in [4.78, 5) is 0. The predicted octanol–water partition coefficient (Wildman–Crippen LogP) is 2.27. The van der Waals surface area contributed by atoms with Crippen LogP contribution in [0.25, 0.3) is 0 Å². The van der Waals surface area contributed by atoms with Crippen molar-refractivity contribution in [2.75, 3.05) is 24.2 Å². The molecule has 0 bridgehead atoms. The summed E-state index contributed by atoms with van der Waals surface area (Å²) in [6.07, 6.45) is 1.05. The van der Waals surface area contributed by atoms with Crippen molar-refractivity contribution in [3.05, 3.63) is 17.7 Å². The maximum Gasteiger partial charge on any atom is 0.165 e. The Balaban J connectivity index is 2.32. The zero-order valence-electron chi connectivity index (χ0n) is 9.34. The molecule has 3 N–H and O–H groups in total. The first-order chi connectivity index (χ1) is 7.16. The van der Waals surface area contributed by atoms with Crippen LogP contribution in [0.15, 0.2) is 12.1 Å². The fraction of sp³-hybridized carbons (Fsp3) is 0.500.